The van der Waals surface area contributed by atoms with Crippen molar-refractivity contribution >= 4 is 50.7 Å². The molecule has 1 saturated heterocycles. The minimum absolute atomic E-state index is 0.0247. The van der Waals surface area contributed by atoms with E-state index in [4.69, 9.17) is 16.3 Å². The van der Waals surface area contributed by atoms with Crippen molar-refractivity contribution in [2.45, 2.75) is 17.2 Å². The topological polar surface area (TPSA) is 75.7 Å². The number of hydrogen-bond acceptors (Lipinski definition) is 5. The molecule has 0 spiro atoms. The highest BCUT2D eigenvalue weighted by molar-refractivity contribution is 8.00. The Morgan fingerprint density at radius 3 is 2.31 bits per heavy atom. The molecule has 0 radical (unpaired) electrons. The Morgan fingerprint density at radius 2 is 1.69 bits per heavy atom. The zero-order valence-corrected chi connectivity index (χ0v) is 19.6. The summed E-state index contributed by atoms with van der Waals surface area (Å²) in [6, 6.07) is 20.5. The first kappa shape index (κ1) is 22.5. The van der Waals surface area contributed by atoms with Crippen LogP contribution >= 0.6 is 23.4 Å². The summed E-state index contributed by atoms with van der Waals surface area (Å²) in [6.45, 7) is 2.50. The second kappa shape index (κ2) is 9.44. The lowest BCUT2D eigenvalue weighted by Gasteiger charge is -2.24. The third-order valence-corrected chi connectivity index (χ3v) is 7.73. The van der Waals surface area contributed by atoms with E-state index >= 15 is 0 Å². The molecule has 166 valence electrons. The van der Waals surface area contributed by atoms with Gasteiger partial charge in [-0.25, -0.2) is 8.42 Å². The molecular formula is C23H21ClN2O4S2. The van der Waals surface area contributed by atoms with E-state index in [0.717, 1.165) is 17.0 Å². The van der Waals surface area contributed by atoms with E-state index in [1.54, 1.807) is 17.0 Å². The van der Waals surface area contributed by atoms with Crippen LogP contribution < -0.4 is 14.4 Å². The molecule has 32 heavy (non-hydrogen) atoms. The summed E-state index contributed by atoms with van der Waals surface area (Å²) in [7, 11) is -3.72. The third kappa shape index (κ3) is 4.87. The lowest BCUT2D eigenvalue weighted by atomic mass is 10.1. The number of nitrogens with one attached hydrogen (secondary N) is 1. The van der Waals surface area contributed by atoms with Crippen LogP contribution in [0.3, 0.4) is 0 Å². The smallest absolute Gasteiger partial charge is 0.261 e. The number of benzene rings is 3. The zero-order chi connectivity index (χ0) is 22.7. The van der Waals surface area contributed by atoms with Gasteiger partial charge < -0.3 is 4.74 Å². The van der Waals surface area contributed by atoms with Crippen LogP contribution in [0, 0.1) is 0 Å². The van der Waals surface area contributed by atoms with E-state index in [1.165, 1.54) is 36.0 Å². The molecular weight excluding hydrogens is 468 g/mol. The molecule has 0 saturated carbocycles. The Bertz CT molecular complexity index is 1200. The summed E-state index contributed by atoms with van der Waals surface area (Å²) in [5.74, 6) is 1.16. The van der Waals surface area contributed by atoms with Crippen molar-refractivity contribution in [2.24, 2.45) is 0 Å². The number of ether oxygens (including phenoxy) is 1. The molecule has 4 rings (SSSR count). The van der Waals surface area contributed by atoms with Gasteiger partial charge in [-0.15, -0.1) is 11.8 Å². The van der Waals surface area contributed by atoms with Crippen LogP contribution in [0.5, 0.6) is 5.75 Å². The maximum atomic E-state index is 12.6. The molecule has 3 aromatic rings. The maximum absolute atomic E-state index is 12.6. The highest BCUT2D eigenvalue weighted by Gasteiger charge is 2.34. The highest BCUT2D eigenvalue weighted by atomic mass is 35.5. The Balaban J connectivity index is 1.52. The number of halogens is 1. The Labute approximate surface area is 196 Å². The molecule has 0 aromatic heterocycles. The van der Waals surface area contributed by atoms with Crippen molar-refractivity contribution < 1.29 is 17.9 Å². The first-order valence-corrected chi connectivity index (χ1v) is 12.8. The van der Waals surface area contributed by atoms with E-state index in [0.29, 0.717) is 23.1 Å². The monoisotopic (exact) mass is 488 g/mol. The van der Waals surface area contributed by atoms with Crippen LogP contribution in [0.4, 0.5) is 11.4 Å². The molecule has 1 fully saturated rings. The molecule has 0 aliphatic carbocycles. The number of carbonyl (C=O) groups excluding carboxylic acids is 1. The minimum atomic E-state index is -3.72. The number of amides is 1. The largest absolute Gasteiger partial charge is 0.494 e. The fourth-order valence-corrected chi connectivity index (χ4v) is 5.73. The number of hydrogen-bond donors (Lipinski definition) is 1. The molecule has 6 nitrogen and oxygen atoms in total. The first-order chi connectivity index (χ1) is 15.4. The van der Waals surface area contributed by atoms with Gasteiger partial charge in [0, 0.05) is 16.4 Å². The summed E-state index contributed by atoms with van der Waals surface area (Å²) >= 11 is 7.37. The SMILES string of the molecule is CCOc1ccc(N2C(=O)CS[C@@H]2c2ccc(NS(=O)(=O)c3ccc(Cl)cc3)cc2)cc1. The van der Waals surface area contributed by atoms with Crippen LogP contribution in [-0.4, -0.2) is 26.7 Å². The van der Waals surface area contributed by atoms with Gasteiger partial charge in [-0.3, -0.25) is 14.4 Å². The average molecular weight is 489 g/mol. The number of sulfonamides is 1. The number of thioether (sulfide) groups is 1. The van der Waals surface area contributed by atoms with Gasteiger partial charge >= 0.3 is 0 Å². The molecule has 1 N–H and O–H groups in total. The second-order valence-corrected chi connectivity index (χ2v) is 10.2. The van der Waals surface area contributed by atoms with Gasteiger partial charge in [0.25, 0.3) is 10.0 Å². The van der Waals surface area contributed by atoms with Crippen molar-refractivity contribution in [2.75, 3.05) is 22.0 Å². The van der Waals surface area contributed by atoms with Gasteiger partial charge in [0.1, 0.15) is 11.1 Å². The number of nitrogens with zero attached hydrogens (tertiary/aromatic N) is 1. The summed E-state index contributed by atoms with van der Waals surface area (Å²) in [5, 5.41) is 0.274. The van der Waals surface area contributed by atoms with E-state index in [9.17, 15) is 13.2 Å². The van der Waals surface area contributed by atoms with Gasteiger partial charge in [0.05, 0.1) is 17.3 Å². The normalized spacial score (nSPS) is 16.2. The first-order valence-electron chi connectivity index (χ1n) is 9.92. The summed E-state index contributed by atoms with van der Waals surface area (Å²) in [6.07, 6.45) is 0. The molecule has 1 aliphatic rings. The van der Waals surface area contributed by atoms with Gasteiger partial charge in [0.2, 0.25) is 5.91 Å². The zero-order valence-electron chi connectivity index (χ0n) is 17.2. The van der Waals surface area contributed by atoms with Crippen LogP contribution in [0.1, 0.15) is 17.9 Å². The van der Waals surface area contributed by atoms with Crippen LogP contribution in [0.25, 0.3) is 0 Å². The maximum Gasteiger partial charge on any atom is 0.261 e. The van der Waals surface area contributed by atoms with Crippen molar-refractivity contribution in [1.82, 2.24) is 0 Å². The molecule has 1 heterocycles. The second-order valence-electron chi connectivity index (χ2n) is 7.04. The molecule has 1 amide bonds. The van der Waals surface area contributed by atoms with Crippen LogP contribution in [0.15, 0.2) is 77.7 Å². The highest BCUT2D eigenvalue weighted by Crippen LogP contribution is 2.42. The van der Waals surface area contributed by atoms with Crippen molar-refractivity contribution in [3.63, 3.8) is 0 Å². The predicted molar refractivity (Wildman–Crippen MR) is 129 cm³/mol. The Morgan fingerprint density at radius 1 is 1.03 bits per heavy atom. The number of carbonyl (C=O) groups is 1. The Kier molecular flexibility index (Phi) is 6.64. The number of rotatable bonds is 7. The third-order valence-electron chi connectivity index (χ3n) is 4.87. The fourth-order valence-electron chi connectivity index (χ4n) is 3.36. The average Bonchev–Trinajstić information content (AvgIpc) is 3.16. The van der Waals surface area contributed by atoms with E-state index < -0.39 is 10.0 Å². The predicted octanol–water partition coefficient (Wildman–Crippen LogP) is 5.32. The number of anilines is 2. The minimum Gasteiger partial charge on any atom is -0.494 e. The van der Waals surface area contributed by atoms with Crippen molar-refractivity contribution in [1.29, 1.82) is 0 Å². The van der Waals surface area contributed by atoms with Crippen LogP contribution in [-0.2, 0) is 14.8 Å². The molecule has 1 atom stereocenters. The summed E-state index contributed by atoms with van der Waals surface area (Å²) in [5.41, 5.74) is 2.13. The van der Waals surface area contributed by atoms with E-state index in [-0.39, 0.29) is 16.2 Å². The van der Waals surface area contributed by atoms with Crippen LogP contribution in [0.2, 0.25) is 5.02 Å². The van der Waals surface area contributed by atoms with Crippen molar-refractivity contribution in [3.8, 4) is 5.75 Å². The van der Waals surface area contributed by atoms with Gasteiger partial charge in [-0.05, 0) is 73.2 Å². The van der Waals surface area contributed by atoms with Gasteiger partial charge in [-0.1, -0.05) is 23.7 Å². The molecule has 0 bridgehead atoms. The summed E-state index contributed by atoms with van der Waals surface area (Å²) < 4.78 is 33.2. The van der Waals surface area contributed by atoms with E-state index in [2.05, 4.69) is 4.72 Å². The molecule has 9 heteroatoms. The van der Waals surface area contributed by atoms with E-state index in [1.807, 2.05) is 43.3 Å². The van der Waals surface area contributed by atoms with Crippen molar-refractivity contribution in [3.05, 3.63) is 83.4 Å². The van der Waals surface area contributed by atoms with Gasteiger partial charge in [0.15, 0.2) is 0 Å². The quantitative estimate of drug-likeness (QED) is 0.487. The molecule has 3 aromatic carbocycles. The lowest BCUT2D eigenvalue weighted by molar-refractivity contribution is -0.115. The standard InChI is InChI=1S/C23H21ClN2O4S2/c1-2-30-20-11-9-19(10-12-20)26-22(27)15-31-23(26)16-3-7-18(8-4-16)25-32(28,29)21-13-5-17(24)6-14-21/h3-14,23,25H,2,15H2,1H3/t23-/m1/s1. The fraction of sp³-hybridized carbons (Fsp3) is 0.174. The van der Waals surface area contributed by atoms with Gasteiger partial charge in [-0.2, -0.15) is 0 Å². The molecule has 0 unspecified atom stereocenters. The Hall–Kier alpha value is -2.68. The summed E-state index contributed by atoms with van der Waals surface area (Å²) in [4.78, 5) is 14.5. The molecule has 1 aliphatic heterocycles. The lowest BCUT2D eigenvalue weighted by Crippen LogP contribution is -2.27.